The monoisotopic (exact) mass is 342 g/mol. The van der Waals surface area contributed by atoms with Gasteiger partial charge in [0.1, 0.15) is 0 Å². The molecule has 0 rings (SSSR count). The Morgan fingerprint density at radius 2 is 1.00 bits per heavy atom. The molecule has 0 aromatic carbocycles. The Hall–Kier alpha value is 1.73. The molecule has 84 valence electrons. The molecule has 0 atom stereocenters. The molecule has 0 N–H and O–H groups in total. The van der Waals surface area contributed by atoms with Gasteiger partial charge in [0, 0.05) is 41.7 Å². The van der Waals surface area contributed by atoms with Gasteiger partial charge in [-0.3, -0.25) is 0 Å². The maximum atomic E-state index is 4.20. The molecule has 0 fully saturated rings. The molecule has 0 spiro atoms. The Kier molecular flexibility index (Phi) is 22.2. The average molecular weight is 343 g/mol. The SMILES string of the molecule is CCCCCCCCCCCCS.[Ce]. The van der Waals surface area contributed by atoms with E-state index < -0.39 is 0 Å². The number of rotatable bonds is 10. The van der Waals surface area contributed by atoms with E-state index in [1.807, 2.05) is 0 Å². The van der Waals surface area contributed by atoms with Crippen molar-refractivity contribution in [2.75, 3.05) is 5.75 Å². The molecule has 0 saturated carbocycles. The smallest absolute Gasteiger partial charge is 0 e. The summed E-state index contributed by atoms with van der Waals surface area (Å²) in [5, 5.41) is 0. The second kappa shape index (κ2) is 17.1. The van der Waals surface area contributed by atoms with Crippen molar-refractivity contribution in [2.45, 2.75) is 71.1 Å². The molecule has 0 amide bonds. The van der Waals surface area contributed by atoms with Gasteiger partial charge in [-0.25, -0.2) is 0 Å². The number of hydrogen-bond donors (Lipinski definition) is 1. The Balaban J connectivity index is 0. The van der Waals surface area contributed by atoms with Gasteiger partial charge in [-0.05, 0) is 12.2 Å². The molecular formula is C12H26CeS. The number of unbranched alkanes of at least 4 members (excludes halogenated alkanes) is 9. The summed E-state index contributed by atoms with van der Waals surface area (Å²) in [6.45, 7) is 2.28. The molecule has 14 heavy (non-hydrogen) atoms. The van der Waals surface area contributed by atoms with Crippen LogP contribution in [0.15, 0.2) is 0 Å². The molecule has 0 aliphatic rings. The van der Waals surface area contributed by atoms with Gasteiger partial charge in [0.25, 0.3) is 0 Å². The first-order valence-electron chi connectivity index (χ1n) is 6.02. The minimum atomic E-state index is 0. The van der Waals surface area contributed by atoms with Gasteiger partial charge in [0.2, 0.25) is 0 Å². The zero-order chi connectivity index (χ0) is 9.78. The van der Waals surface area contributed by atoms with Gasteiger partial charge in [-0.15, -0.1) is 0 Å². The second-order valence-corrected chi connectivity index (χ2v) is 4.35. The maximum absolute atomic E-state index is 4.20. The molecule has 2 heteroatoms. The van der Waals surface area contributed by atoms with Crippen molar-refractivity contribution in [3.05, 3.63) is 0 Å². The average Bonchev–Trinajstić information content (AvgIpc) is 2.16. The molecular weight excluding hydrogens is 316 g/mol. The molecule has 0 saturated heterocycles. The second-order valence-electron chi connectivity index (χ2n) is 3.91. The van der Waals surface area contributed by atoms with Gasteiger partial charge >= 0.3 is 0 Å². The molecule has 0 bridgehead atoms. The zero-order valence-electron chi connectivity index (χ0n) is 9.73. The summed E-state index contributed by atoms with van der Waals surface area (Å²) in [7, 11) is 0. The van der Waals surface area contributed by atoms with E-state index in [0.29, 0.717) is 0 Å². The van der Waals surface area contributed by atoms with Crippen molar-refractivity contribution >= 4 is 12.6 Å². The van der Waals surface area contributed by atoms with E-state index in [1.165, 1.54) is 64.2 Å². The minimum Gasteiger partial charge on any atom is -0.179 e. The molecule has 0 aromatic rings. The van der Waals surface area contributed by atoms with Crippen LogP contribution in [0.1, 0.15) is 71.1 Å². The van der Waals surface area contributed by atoms with E-state index in [-0.39, 0.29) is 41.7 Å². The third-order valence-electron chi connectivity index (χ3n) is 2.51. The number of hydrogen-bond acceptors (Lipinski definition) is 1. The first-order chi connectivity index (χ1) is 6.41. The normalized spacial score (nSPS) is 9.86. The summed E-state index contributed by atoms with van der Waals surface area (Å²) in [4.78, 5) is 0. The first-order valence-corrected chi connectivity index (χ1v) is 6.66. The van der Waals surface area contributed by atoms with E-state index in [9.17, 15) is 0 Å². The van der Waals surface area contributed by atoms with Crippen LogP contribution in [0.3, 0.4) is 0 Å². The van der Waals surface area contributed by atoms with Gasteiger partial charge in [0.15, 0.2) is 0 Å². The quantitative estimate of drug-likeness (QED) is 0.426. The zero-order valence-corrected chi connectivity index (χ0v) is 13.8. The van der Waals surface area contributed by atoms with E-state index in [1.54, 1.807) is 0 Å². The summed E-state index contributed by atoms with van der Waals surface area (Å²) in [6.07, 6.45) is 14.2. The molecule has 0 unspecified atom stereocenters. The largest absolute Gasteiger partial charge is 0.179 e. The minimum absolute atomic E-state index is 0. The van der Waals surface area contributed by atoms with Crippen LogP contribution in [0, 0.1) is 41.7 Å². The predicted octanol–water partition coefficient (Wildman–Crippen LogP) is 4.84. The van der Waals surface area contributed by atoms with Crippen molar-refractivity contribution in [2.24, 2.45) is 0 Å². The topological polar surface area (TPSA) is 0 Å². The van der Waals surface area contributed by atoms with E-state index in [4.69, 9.17) is 0 Å². The van der Waals surface area contributed by atoms with Crippen LogP contribution >= 0.6 is 12.6 Å². The van der Waals surface area contributed by atoms with Crippen molar-refractivity contribution in [1.29, 1.82) is 0 Å². The molecule has 0 aliphatic heterocycles. The predicted molar refractivity (Wildman–Crippen MR) is 65.7 cm³/mol. The molecule has 0 aromatic heterocycles. The molecule has 0 nitrogen and oxygen atoms in total. The summed E-state index contributed by atoms with van der Waals surface area (Å²) in [5.74, 6) is 1.07. The fourth-order valence-corrected chi connectivity index (χ4v) is 1.82. The van der Waals surface area contributed by atoms with Crippen LogP contribution in [-0.2, 0) is 0 Å². The van der Waals surface area contributed by atoms with Gasteiger partial charge in [-0.2, -0.15) is 12.6 Å². The van der Waals surface area contributed by atoms with Crippen LogP contribution in [0.4, 0.5) is 0 Å². The third-order valence-corrected chi connectivity index (χ3v) is 2.83. The Morgan fingerprint density at radius 1 is 0.643 bits per heavy atom. The summed E-state index contributed by atoms with van der Waals surface area (Å²) >= 11 is 4.20. The van der Waals surface area contributed by atoms with Crippen molar-refractivity contribution < 1.29 is 41.7 Å². The van der Waals surface area contributed by atoms with Gasteiger partial charge < -0.3 is 0 Å². The van der Waals surface area contributed by atoms with Crippen LogP contribution in [-0.4, -0.2) is 5.75 Å². The Bertz CT molecular complexity index is 76.4. The Morgan fingerprint density at radius 3 is 1.36 bits per heavy atom. The fourth-order valence-electron chi connectivity index (χ4n) is 1.60. The first kappa shape index (κ1) is 18.1. The van der Waals surface area contributed by atoms with E-state index in [2.05, 4.69) is 19.6 Å². The van der Waals surface area contributed by atoms with E-state index >= 15 is 0 Å². The maximum Gasteiger partial charge on any atom is 0 e. The Labute approximate surface area is 130 Å². The molecule has 0 heterocycles. The summed E-state index contributed by atoms with van der Waals surface area (Å²) in [6, 6.07) is 0. The standard InChI is InChI=1S/C12H26S.Ce/c1-2-3-4-5-6-7-8-9-10-11-12-13;/h13H,2-12H2,1H3;. The number of thiol groups is 1. The van der Waals surface area contributed by atoms with Crippen LogP contribution in [0.2, 0.25) is 0 Å². The fraction of sp³-hybridized carbons (Fsp3) is 1.00. The van der Waals surface area contributed by atoms with Crippen LogP contribution in [0.5, 0.6) is 0 Å². The third kappa shape index (κ3) is 16.2. The molecule has 0 radical (unpaired) electrons. The van der Waals surface area contributed by atoms with Crippen LogP contribution < -0.4 is 0 Å². The molecule has 0 aliphatic carbocycles. The van der Waals surface area contributed by atoms with Crippen molar-refractivity contribution in [3.8, 4) is 0 Å². The summed E-state index contributed by atoms with van der Waals surface area (Å²) < 4.78 is 0. The van der Waals surface area contributed by atoms with Crippen molar-refractivity contribution in [3.63, 3.8) is 0 Å². The van der Waals surface area contributed by atoms with Gasteiger partial charge in [0.05, 0.1) is 0 Å². The van der Waals surface area contributed by atoms with Crippen molar-refractivity contribution in [1.82, 2.24) is 0 Å². The summed E-state index contributed by atoms with van der Waals surface area (Å²) in [5.41, 5.74) is 0. The van der Waals surface area contributed by atoms with Gasteiger partial charge in [-0.1, -0.05) is 64.7 Å². The van der Waals surface area contributed by atoms with E-state index in [0.717, 1.165) is 5.75 Å². The van der Waals surface area contributed by atoms with Crippen LogP contribution in [0.25, 0.3) is 0 Å².